The monoisotopic (exact) mass is 410 g/mol. The molecule has 0 amide bonds. The fraction of sp³-hybridized carbons (Fsp3) is 0.654. The van der Waals surface area contributed by atoms with Crippen molar-refractivity contribution in [1.82, 2.24) is 0 Å². The second-order valence-electron chi connectivity index (χ2n) is 10.4. The van der Waals surface area contributed by atoms with E-state index in [1.165, 1.54) is 5.57 Å². The molecule has 4 heteroatoms. The minimum atomic E-state index is -0.255. The zero-order valence-electron chi connectivity index (χ0n) is 17.9. The second kappa shape index (κ2) is 7.49. The van der Waals surface area contributed by atoms with Gasteiger partial charge >= 0.3 is 5.97 Å². The van der Waals surface area contributed by atoms with Gasteiger partial charge < -0.3 is 14.9 Å². The molecule has 162 valence electrons. The molecule has 0 heterocycles. The van der Waals surface area contributed by atoms with Crippen LogP contribution in [0.5, 0.6) is 0 Å². The number of carbonyl (C=O) groups excluding carboxylic acids is 1. The van der Waals surface area contributed by atoms with Gasteiger partial charge in [0, 0.05) is 10.8 Å². The molecular formula is C26H34O4. The number of carbonyl (C=O) groups is 1. The second-order valence-corrected chi connectivity index (χ2v) is 10.4. The molecule has 5 rings (SSSR count). The summed E-state index contributed by atoms with van der Waals surface area (Å²) in [6.45, 7) is 2.53. The van der Waals surface area contributed by atoms with Crippen LogP contribution in [0.25, 0.3) is 0 Å². The predicted molar refractivity (Wildman–Crippen MR) is 115 cm³/mol. The van der Waals surface area contributed by atoms with Crippen LogP contribution in [-0.2, 0) is 4.74 Å². The molecule has 3 saturated carbocycles. The first-order valence-electron chi connectivity index (χ1n) is 11.7. The molecule has 0 aromatic heterocycles. The van der Waals surface area contributed by atoms with Crippen LogP contribution in [0.3, 0.4) is 0 Å². The standard InChI is InChI=1S/C26H34O4/c1-25-13-12-22-20(8-7-18-15-19(28)11-14-26(18,22)16-27)21(25)9-10-23(25)30-24(29)17-5-3-2-4-6-17/h2-7,19-23,27-28H,8-16H2,1H3/t19-,20+,21+,22+,23+,25+,26+/m0/s1. The van der Waals surface area contributed by atoms with Crippen molar-refractivity contribution in [2.24, 2.45) is 28.6 Å². The number of esters is 1. The molecular weight excluding hydrogens is 376 g/mol. The highest BCUT2D eigenvalue weighted by atomic mass is 16.5. The minimum absolute atomic E-state index is 0.0157. The summed E-state index contributed by atoms with van der Waals surface area (Å²) in [6.07, 6.45) is 9.66. The van der Waals surface area contributed by atoms with Gasteiger partial charge in [-0.15, -0.1) is 0 Å². The Morgan fingerprint density at radius 1 is 1.10 bits per heavy atom. The van der Waals surface area contributed by atoms with Crippen molar-refractivity contribution in [2.45, 2.75) is 70.5 Å². The van der Waals surface area contributed by atoms with Gasteiger partial charge in [-0.3, -0.25) is 0 Å². The number of allylic oxidation sites excluding steroid dienone is 1. The van der Waals surface area contributed by atoms with Crippen LogP contribution in [0, 0.1) is 28.6 Å². The molecule has 0 unspecified atom stereocenters. The molecule has 2 N–H and O–H groups in total. The lowest BCUT2D eigenvalue weighted by Gasteiger charge is -2.58. The van der Waals surface area contributed by atoms with Crippen molar-refractivity contribution in [3.8, 4) is 0 Å². The lowest BCUT2D eigenvalue weighted by atomic mass is 9.47. The van der Waals surface area contributed by atoms with E-state index < -0.39 is 0 Å². The fourth-order valence-electron chi connectivity index (χ4n) is 7.65. The third-order valence-corrected chi connectivity index (χ3v) is 9.26. The average Bonchev–Trinajstić information content (AvgIpc) is 3.10. The SMILES string of the molecule is C[C@@]12CC[C@@H]3[C@H](CC=C4C[C@@H](O)CC[C@@]43CO)[C@H]1CC[C@H]2OC(=O)c1ccccc1. The first kappa shape index (κ1) is 20.3. The number of hydrogen-bond donors (Lipinski definition) is 2. The summed E-state index contributed by atoms with van der Waals surface area (Å²) in [5.41, 5.74) is 1.81. The van der Waals surface area contributed by atoms with E-state index in [4.69, 9.17) is 4.74 Å². The molecule has 3 fully saturated rings. The fourth-order valence-corrected chi connectivity index (χ4v) is 7.65. The number of aliphatic hydroxyl groups is 2. The Kier molecular flexibility index (Phi) is 5.06. The molecule has 1 aromatic rings. The van der Waals surface area contributed by atoms with E-state index in [9.17, 15) is 15.0 Å². The first-order chi connectivity index (χ1) is 14.5. The van der Waals surface area contributed by atoms with E-state index in [2.05, 4.69) is 13.0 Å². The Balaban J connectivity index is 1.38. The average molecular weight is 411 g/mol. The van der Waals surface area contributed by atoms with Crippen LogP contribution in [0.1, 0.15) is 68.6 Å². The van der Waals surface area contributed by atoms with Gasteiger partial charge in [-0.05, 0) is 81.3 Å². The van der Waals surface area contributed by atoms with Crippen molar-refractivity contribution in [3.05, 3.63) is 47.5 Å². The van der Waals surface area contributed by atoms with E-state index in [-0.39, 0.29) is 35.6 Å². The van der Waals surface area contributed by atoms with Crippen molar-refractivity contribution in [2.75, 3.05) is 6.61 Å². The Morgan fingerprint density at radius 2 is 1.90 bits per heavy atom. The van der Waals surface area contributed by atoms with E-state index in [0.29, 0.717) is 23.3 Å². The summed E-state index contributed by atoms with van der Waals surface area (Å²) < 4.78 is 6.08. The van der Waals surface area contributed by atoms with Gasteiger partial charge in [-0.1, -0.05) is 36.8 Å². The van der Waals surface area contributed by atoms with Crippen LogP contribution in [0.2, 0.25) is 0 Å². The zero-order valence-corrected chi connectivity index (χ0v) is 17.9. The van der Waals surface area contributed by atoms with Crippen molar-refractivity contribution in [1.29, 1.82) is 0 Å². The number of rotatable bonds is 3. The Labute approximate surface area is 179 Å². The maximum absolute atomic E-state index is 12.7. The number of aliphatic hydroxyl groups excluding tert-OH is 2. The molecule has 30 heavy (non-hydrogen) atoms. The summed E-state index contributed by atoms with van der Waals surface area (Å²) in [7, 11) is 0. The third kappa shape index (κ3) is 2.98. The van der Waals surface area contributed by atoms with Crippen molar-refractivity contribution in [3.63, 3.8) is 0 Å². The molecule has 4 aliphatic carbocycles. The van der Waals surface area contributed by atoms with Crippen LogP contribution in [0.4, 0.5) is 0 Å². The largest absolute Gasteiger partial charge is 0.458 e. The first-order valence-corrected chi connectivity index (χ1v) is 11.7. The normalized spacial score (nSPS) is 42.5. The smallest absolute Gasteiger partial charge is 0.338 e. The quantitative estimate of drug-likeness (QED) is 0.568. The summed E-state index contributed by atoms with van der Waals surface area (Å²) in [4.78, 5) is 12.7. The summed E-state index contributed by atoms with van der Waals surface area (Å²) in [6, 6.07) is 9.32. The Bertz CT molecular complexity index is 833. The highest BCUT2D eigenvalue weighted by Gasteiger charge is 2.60. The molecule has 0 aliphatic heterocycles. The summed E-state index contributed by atoms with van der Waals surface area (Å²) in [5.74, 6) is 1.34. The Hall–Kier alpha value is -1.65. The van der Waals surface area contributed by atoms with E-state index in [1.54, 1.807) is 0 Å². The van der Waals surface area contributed by atoms with Gasteiger partial charge in [0.15, 0.2) is 0 Å². The molecule has 7 atom stereocenters. The van der Waals surface area contributed by atoms with Gasteiger partial charge in [-0.25, -0.2) is 4.79 Å². The van der Waals surface area contributed by atoms with Crippen LogP contribution >= 0.6 is 0 Å². The molecule has 4 nitrogen and oxygen atoms in total. The molecule has 0 radical (unpaired) electrons. The highest BCUT2D eigenvalue weighted by molar-refractivity contribution is 5.89. The van der Waals surface area contributed by atoms with Crippen LogP contribution in [0.15, 0.2) is 42.0 Å². The summed E-state index contributed by atoms with van der Waals surface area (Å²) in [5, 5.41) is 20.7. The van der Waals surface area contributed by atoms with Gasteiger partial charge in [0.1, 0.15) is 6.10 Å². The number of benzene rings is 1. The minimum Gasteiger partial charge on any atom is -0.458 e. The number of hydrogen-bond acceptors (Lipinski definition) is 4. The maximum Gasteiger partial charge on any atom is 0.338 e. The number of fused-ring (bicyclic) bond motifs is 5. The molecule has 0 spiro atoms. The van der Waals surface area contributed by atoms with Crippen LogP contribution in [-0.4, -0.2) is 35.0 Å². The zero-order chi connectivity index (χ0) is 20.9. The maximum atomic E-state index is 12.7. The van der Waals surface area contributed by atoms with Gasteiger partial charge in [0.05, 0.1) is 18.3 Å². The molecule has 0 saturated heterocycles. The summed E-state index contributed by atoms with van der Waals surface area (Å²) >= 11 is 0. The van der Waals surface area contributed by atoms with E-state index in [1.807, 2.05) is 30.3 Å². The van der Waals surface area contributed by atoms with Crippen molar-refractivity contribution < 1.29 is 19.7 Å². The third-order valence-electron chi connectivity index (χ3n) is 9.26. The lowest BCUT2D eigenvalue weighted by molar-refractivity contribution is -0.0927. The molecule has 4 aliphatic rings. The lowest BCUT2D eigenvalue weighted by Crippen LogP contribution is -2.53. The topological polar surface area (TPSA) is 66.8 Å². The van der Waals surface area contributed by atoms with E-state index in [0.717, 1.165) is 51.4 Å². The van der Waals surface area contributed by atoms with Crippen LogP contribution < -0.4 is 0 Å². The molecule has 1 aromatic carbocycles. The highest BCUT2D eigenvalue weighted by Crippen LogP contribution is 2.65. The predicted octanol–water partition coefficient (Wildman–Crippen LogP) is 4.51. The Morgan fingerprint density at radius 3 is 2.67 bits per heavy atom. The van der Waals surface area contributed by atoms with Crippen molar-refractivity contribution >= 4 is 5.97 Å². The number of ether oxygens (including phenoxy) is 1. The molecule has 0 bridgehead atoms. The van der Waals surface area contributed by atoms with Gasteiger partial charge in [0.25, 0.3) is 0 Å². The van der Waals surface area contributed by atoms with Gasteiger partial charge in [-0.2, -0.15) is 0 Å². The van der Waals surface area contributed by atoms with Gasteiger partial charge in [0.2, 0.25) is 0 Å². The van der Waals surface area contributed by atoms with E-state index >= 15 is 0 Å².